The van der Waals surface area contributed by atoms with Gasteiger partial charge in [0.25, 0.3) is 0 Å². The molecule has 1 aliphatic rings. The molecule has 0 bridgehead atoms. The van der Waals surface area contributed by atoms with E-state index in [9.17, 15) is 9.59 Å². The average Bonchev–Trinajstić information content (AvgIpc) is 3.07. The summed E-state index contributed by atoms with van der Waals surface area (Å²) in [5.41, 5.74) is 2.69. The van der Waals surface area contributed by atoms with Crippen LogP contribution in [0.4, 0.5) is 11.4 Å². The van der Waals surface area contributed by atoms with E-state index < -0.39 is 0 Å². The number of ether oxygens (including phenoxy) is 1. The first kappa shape index (κ1) is 17.0. The van der Waals surface area contributed by atoms with E-state index in [1.807, 2.05) is 48.5 Å². The Morgan fingerprint density at radius 2 is 2.00 bits per heavy atom. The van der Waals surface area contributed by atoms with Crippen molar-refractivity contribution in [3.8, 4) is 5.75 Å². The number of methoxy groups -OCH3 is 1. The Kier molecular flexibility index (Phi) is 5.33. The maximum absolute atomic E-state index is 12.1. The van der Waals surface area contributed by atoms with E-state index in [4.69, 9.17) is 4.74 Å². The summed E-state index contributed by atoms with van der Waals surface area (Å²) in [6, 6.07) is 15.2. The van der Waals surface area contributed by atoms with E-state index in [0.717, 1.165) is 35.7 Å². The first-order valence-corrected chi connectivity index (χ1v) is 8.49. The summed E-state index contributed by atoms with van der Waals surface area (Å²) in [6.45, 7) is 0.769. The Morgan fingerprint density at radius 3 is 2.68 bits per heavy atom. The van der Waals surface area contributed by atoms with Crippen molar-refractivity contribution in [3.63, 3.8) is 0 Å². The summed E-state index contributed by atoms with van der Waals surface area (Å²) < 4.78 is 5.19. The smallest absolute Gasteiger partial charge is 0.227 e. The van der Waals surface area contributed by atoms with Gasteiger partial charge in [0.1, 0.15) is 5.75 Å². The minimum absolute atomic E-state index is 0.0344. The second-order valence-electron chi connectivity index (χ2n) is 6.10. The van der Waals surface area contributed by atoms with Crippen molar-refractivity contribution >= 4 is 23.2 Å². The van der Waals surface area contributed by atoms with Crippen LogP contribution in [0.5, 0.6) is 5.75 Å². The number of carbonyl (C=O) groups is 2. The fraction of sp³-hybridized carbons (Fsp3) is 0.300. The highest BCUT2D eigenvalue weighted by Gasteiger charge is 2.21. The molecular weight excluding hydrogens is 316 g/mol. The van der Waals surface area contributed by atoms with Gasteiger partial charge in [0.05, 0.1) is 7.11 Å². The predicted octanol–water partition coefficient (Wildman–Crippen LogP) is 3.39. The zero-order chi connectivity index (χ0) is 17.6. The lowest BCUT2D eigenvalue weighted by molar-refractivity contribution is -0.117. The summed E-state index contributed by atoms with van der Waals surface area (Å²) >= 11 is 0. The van der Waals surface area contributed by atoms with Crippen LogP contribution in [0.1, 0.15) is 24.8 Å². The topological polar surface area (TPSA) is 58.6 Å². The predicted molar refractivity (Wildman–Crippen MR) is 98.0 cm³/mol. The lowest BCUT2D eigenvalue weighted by Gasteiger charge is -2.16. The number of hydrogen-bond donors (Lipinski definition) is 1. The number of carbonyl (C=O) groups excluding carboxylic acids is 2. The van der Waals surface area contributed by atoms with Crippen molar-refractivity contribution in [1.29, 1.82) is 0 Å². The Bertz CT molecular complexity index is 756. The van der Waals surface area contributed by atoms with Gasteiger partial charge in [0.2, 0.25) is 11.8 Å². The molecule has 2 aromatic rings. The Hall–Kier alpha value is -2.82. The summed E-state index contributed by atoms with van der Waals surface area (Å²) in [5, 5.41) is 2.90. The fourth-order valence-electron chi connectivity index (χ4n) is 2.96. The average molecular weight is 338 g/mol. The number of hydrogen-bond acceptors (Lipinski definition) is 3. The van der Waals surface area contributed by atoms with Crippen LogP contribution in [-0.4, -0.2) is 25.5 Å². The van der Waals surface area contributed by atoms with Gasteiger partial charge in [-0.25, -0.2) is 0 Å². The Labute approximate surface area is 147 Å². The molecule has 5 nitrogen and oxygen atoms in total. The third-order valence-electron chi connectivity index (χ3n) is 4.31. The number of amides is 2. The van der Waals surface area contributed by atoms with Crippen molar-refractivity contribution in [1.82, 2.24) is 0 Å². The molecule has 1 fully saturated rings. The quantitative estimate of drug-likeness (QED) is 0.878. The summed E-state index contributed by atoms with van der Waals surface area (Å²) in [4.78, 5) is 25.7. The maximum atomic E-state index is 12.1. The van der Waals surface area contributed by atoms with Crippen LogP contribution in [-0.2, 0) is 16.0 Å². The summed E-state index contributed by atoms with van der Waals surface area (Å²) in [7, 11) is 1.63. The van der Waals surface area contributed by atoms with Gasteiger partial charge in [0.15, 0.2) is 0 Å². The van der Waals surface area contributed by atoms with E-state index in [-0.39, 0.29) is 11.8 Å². The molecule has 0 atom stereocenters. The molecule has 1 N–H and O–H groups in total. The zero-order valence-corrected chi connectivity index (χ0v) is 14.3. The van der Waals surface area contributed by atoms with Gasteiger partial charge in [-0.05, 0) is 54.8 Å². The van der Waals surface area contributed by atoms with Crippen LogP contribution in [0.3, 0.4) is 0 Å². The summed E-state index contributed by atoms with van der Waals surface area (Å²) in [5.74, 6) is 0.924. The standard InChI is InChI=1S/C20H22N2O3/c1-25-18-5-2-4-15(14-18)7-12-19(23)21-16-8-10-17(11-9-16)22-13-3-6-20(22)24/h2,4-5,8-11,14H,3,6-7,12-13H2,1H3,(H,21,23). The van der Waals surface area contributed by atoms with Gasteiger partial charge in [-0.3, -0.25) is 9.59 Å². The Morgan fingerprint density at radius 1 is 1.20 bits per heavy atom. The highest BCUT2D eigenvalue weighted by molar-refractivity contribution is 5.96. The number of benzene rings is 2. The molecular formula is C20H22N2O3. The van der Waals surface area contributed by atoms with Crippen LogP contribution in [0, 0.1) is 0 Å². The second-order valence-corrected chi connectivity index (χ2v) is 6.10. The van der Waals surface area contributed by atoms with E-state index >= 15 is 0 Å². The van der Waals surface area contributed by atoms with E-state index in [1.54, 1.807) is 12.0 Å². The highest BCUT2D eigenvalue weighted by atomic mass is 16.5. The largest absolute Gasteiger partial charge is 0.497 e. The van der Waals surface area contributed by atoms with Crippen molar-refractivity contribution in [2.75, 3.05) is 23.9 Å². The maximum Gasteiger partial charge on any atom is 0.227 e. The molecule has 0 aromatic heterocycles. The molecule has 1 heterocycles. The van der Waals surface area contributed by atoms with E-state index in [0.29, 0.717) is 19.3 Å². The zero-order valence-electron chi connectivity index (χ0n) is 14.3. The van der Waals surface area contributed by atoms with Crippen molar-refractivity contribution in [2.45, 2.75) is 25.7 Å². The lowest BCUT2D eigenvalue weighted by atomic mass is 10.1. The number of rotatable bonds is 6. The minimum atomic E-state index is -0.0344. The first-order chi connectivity index (χ1) is 12.2. The molecule has 0 saturated carbocycles. The monoisotopic (exact) mass is 338 g/mol. The molecule has 2 amide bonds. The van der Waals surface area contributed by atoms with Gasteiger partial charge < -0.3 is 15.0 Å². The van der Waals surface area contributed by atoms with Crippen LogP contribution < -0.4 is 15.0 Å². The van der Waals surface area contributed by atoms with E-state index in [2.05, 4.69) is 5.32 Å². The minimum Gasteiger partial charge on any atom is -0.497 e. The second kappa shape index (κ2) is 7.83. The summed E-state index contributed by atoms with van der Waals surface area (Å²) in [6.07, 6.45) is 2.58. The first-order valence-electron chi connectivity index (χ1n) is 8.49. The molecule has 0 unspecified atom stereocenters. The molecule has 0 aliphatic carbocycles. The number of nitrogens with zero attached hydrogens (tertiary/aromatic N) is 1. The van der Waals surface area contributed by atoms with Crippen LogP contribution in [0.25, 0.3) is 0 Å². The van der Waals surface area contributed by atoms with E-state index in [1.165, 1.54) is 0 Å². The fourth-order valence-corrected chi connectivity index (χ4v) is 2.96. The molecule has 25 heavy (non-hydrogen) atoms. The number of aryl methyl sites for hydroxylation is 1. The number of nitrogens with one attached hydrogen (secondary N) is 1. The molecule has 2 aromatic carbocycles. The number of anilines is 2. The molecule has 0 spiro atoms. The van der Waals surface area contributed by atoms with Crippen LogP contribution in [0.15, 0.2) is 48.5 Å². The van der Waals surface area contributed by atoms with Crippen LogP contribution >= 0.6 is 0 Å². The SMILES string of the molecule is COc1cccc(CCC(=O)Nc2ccc(N3CCCC3=O)cc2)c1. The van der Waals surface area contributed by atoms with Gasteiger partial charge >= 0.3 is 0 Å². The molecule has 130 valence electrons. The van der Waals surface area contributed by atoms with Crippen molar-refractivity contribution < 1.29 is 14.3 Å². The van der Waals surface area contributed by atoms with Gasteiger partial charge in [-0.2, -0.15) is 0 Å². The van der Waals surface area contributed by atoms with Gasteiger partial charge in [0, 0.05) is 30.8 Å². The molecule has 1 saturated heterocycles. The van der Waals surface area contributed by atoms with Gasteiger partial charge in [-0.15, -0.1) is 0 Å². The molecule has 1 aliphatic heterocycles. The Balaban J connectivity index is 1.53. The van der Waals surface area contributed by atoms with Crippen molar-refractivity contribution in [2.24, 2.45) is 0 Å². The van der Waals surface area contributed by atoms with Crippen molar-refractivity contribution in [3.05, 3.63) is 54.1 Å². The third kappa shape index (κ3) is 4.38. The molecule has 5 heteroatoms. The third-order valence-corrected chi connectivity index (χ3v) is 4.31. The normalized spacial score (nSPS) is 13.8. The molecule has 3 rings (SSSR count). The van der Waals surface area contributed by atoms with Crippen LogP contribution in [0.2, 0.25) is 0 Å². The molecule has 0 radical (unpaired) electrons. The van der Waals surface area contributed by atoms with Gasteiger partial charge in [-0.1, -0.05) is 12.1 Å². The lowest BCUT2D eigenvalue weighted by Crippen LogP contribution is -2.23. The highest BCUT2D eigenvalue weighted by Crippen LogP contribution is 2.23.